The largest absolute Gasteiger partial charge is 0.501 e. The smallest absolute Gasteiger partial charge is 0.0873 e. The molecule has 0 amide bonds. The third-order valence-electron chi connectivity index (χ3n) is 1.52. The molecule has 0 spiro atoms. The highest BCUT2D eigenvalue weighted by Crippen LogP contribution is 2.07. The molecule has 1 nitrogen and oxygen atoms in total. The summed E-state index contributed by atoms with van der Waals surface area (Å²) in [5, 5.41) is 4.16. The van der Waals surface area contributed by atoms with Crippen molar-refractivity contribution in [3.05, 3.63) is 28.7 Å². The Bertz CT molecular complexity index is 214. The van der Waals surface area contributed by atoms with Crippen LogP contribution in [0.4, 0.5) is 0 Å². The van der Waals surface area contributed by atoms with Gasteiger partial charge in [-0.3, -0.25) is 0 Å². The van der Waals surface area contributed by atoms with Crippen LogP contribution in [0.15, 0.2) is 23.1 Å². The second kappa shape index (κ2) is 5.84. The Balaban J connectivity index is 2.14. The average Bonchev–Trinajstić information content (AvgIpc) is 2.57. The molecule has 0 radical (unpaired) electrons. The summed E-state index contributed by atoms with van der Waals surface area (Å²) in [4.78, 5) is 0. The van der Waals surface area contributed by atoms with Gasteiger partial charge in [-0.25, -0.2) is 0 Å². The minimum absolute atomic E-state index is 0.830. The van der Waals surface area contributed by atoms with E-state index in [0.29, 0.717) is 0 Å². The predicted molar refractivity (Wildman–Crippen MR) is 54.2 cm³/mol. The Labute approximate surface area is 77.7 Å². The van der Waals surface area contributed by atoms with Gasteiger partial charge in [0.15, 0.2) is 0 Å². The maximum Gasteiger partial charge on any atom is 0.0873 e. The van der Waals surface area contributed by atoms with Gasteiger partial charge in [0.05, 0.1) is 12.9 Å². The lowest BCUT2D eigenvalue weighted by molar-refractivity contribution is 0.246. The Morgan fingerprint density at radius 3 is 3.17 bits per heavy atom. The van der Waals surface area contributed by atoms with Crippen molar-refractivity contribution in [1.82, 2.24) is 0 Å². The van der Waals surface area contributed by atoms with Crippen LogP contribution in [0.25, 0.3) is 6.08 Å². The Hall–Kier alpha value is -0.760. The molecule has 1 aromatic heterocycles. The van der Waals surface area contributed by atoms with Crippen LogP contribution in [0.2, 0.25) is 0 Å². The van der Waals surface area contributed by atoms with E-state index in [1.165, 1.54) is 12.0 Å². The summed E-state index contributed by atoms with van der Waals surface area (Å²) in [6.07, 6.45) is 6.09. The molecule has 2 heteroatoms. The van der Waals surface area contributed by atoms with Crippen LogP contribution >= 0.6 is 11.3 Å². The SMILES string of the molecule is CCCCO/C=C/c1ccsc1. The minimum atomic E-state index is 0.830. The summed E-state index contributed by atoms with van der Waals surface area (Å²) in [5.74, 6) is 0. The van der Waals surface area contributed by atoms with Crippen molar-refractivity contribution in [3.63, 3.8) is 0 Å². The van der Waals surface area contributed by atoms with Crippen LogP contribution in [-0.2, 0) is 4.74 Å². The monoisotopic (exact) mass is 182 g/mol. The lowest BCUT2D eigenvalue weighted by atomic mass is 10.3. The highest BCUT2D eigenvalue weighted by molar-refractivity contribution is 7.08. The van der Waals surface area contributed by atoms with E-state index in [-0.39, 0.29) is 0 Å². The average molecular weight is 182 g/mol. The molecule has 1 aromatic rings. The van der Waals surface area contributed by atoms with E-state index >= 15 is 0 Å². The molecule has 0 N–H and O–H groups in total. The van der Waals surface area contributed by atoms with E-state index in [1.807, 2.05) is 6.08 Å². The molecule has 0 unspecified atom stereocenters. The molecule has 0 fully saturated rings. The summed E-state index contributed by atoms with van der Waals surface area (Å²) in [6.45, 7) is 2.99. The fraction of sp³-hybridized carbons (Fsp3) is 0.400. The fourth-order valence-corrected chi connectivity index (χ4v) is 1.42. The van der Waals surface area contributed by atoms with E-state index in [1.54, 1.807) is 17.6 Å². The number of hydrogen-bond acceptors (Lipinski definition) is 2. The molecule has 0 saturated heterocycles. The summed E-state index contributed by atoms with van der Waals surface area (Å²) < 4.78 is 5.27. The lowest BCUT2D eigenvalue weighted by Crippen LogP contribution is -1.84. The van der Waals surface area contributed by atoms with Crippen LogP contribution < -0.4 is 0 Å². The molecular formula is C10H14OS. The first-order valence-electron chi connectivity index (χ1n) is 4.24. The maximum atomic E-state index is 5.27. The molecule has 0 atom stereocenters. The van der Waals surface area contributed by atoms with Gasteiger partial charge in [-0.05, 0) is 34.9 Å². The van der Waals surface area contributed by atoms with E-state index in [0.717, 1.165) is 13.0 Å². The number of thiophene rings is 1. The molecule has 0 aliphatic heterocycles. The molecule has 0 aliphatic rings. The van der Waals surface area contributed by atoms with Gasteiger partial charge in [0.1, 0.15) is 0 Å². The molecule has 1 rings (SSSR count). The van der Waals surface area contributed by atoms with Crippen molar-refractivity contribution in [3.8, 4) is 0 Å². The van der Waals surface area contributed by atoms with Crippen LogP contribution in [0, 0.1) is 0 Å². The first kappa shape index (κ1) is 9.33. The molecular weight excluding hydrogens is 168 g/mol. The predicted octanol–water partition coefficient (Wildman–Crippen LogP) is 3.54. The second-order valence-electron chi connectivity index (χ2n) is 2.58. The van der Waals surface area contributed by atoms with Crippen molar-refractivity contribution in [2.45, 2.75) is 19.8 Å². The summed E-state index contributed by atoms with van der Waals surface area (Å²) in [7, 11) is 0. The molecule has 0 aromatic carbocycles. The fourth-order valence-electron chi connectivity index (χ4n) is 0.792. The zero-order chi connectivity index (χ0) is 8.65. The molecule has 12 heavy (non-hydrogen) atoms. The third kappa shape index (κ3) is 3.58. The number of rotatable bonds is 5. The van der Waals surface area contributed by atoms with Gasteiger partial charge in [-0.2, -0.15) is 11.3 Å². The van der Waals surface area contributed by atoms with Crippen molar-refractivity contribution in [2.75, 3.05) is 6.61 Å². The van der Waals surface area contributed by atoms with Crippen LogP contribution in [-0.4, -0.2) is 6.61 Å². The quantitative estimate of drug-likeness (QED) is 0.500. The highest BCUT2D eigenvalue weighted by atomic mass is 32.1. The van der Waals surface area contributed by atoms with Gasteiger partial charge >= 0.3 is 0 Å². The molecule has 0 bridgehead atoms. The Morgan fingerprint density at radius 2 is 2.50 bits per heavy atom. The van der Waals surface area contributed by atoms with Gasteiger partial charge in [-0.1, -0.05) is 13.3 Å². The van der Waals surface area contributed by atoms with E-state index in [9.17, 15) is 0 Å². The van der Waals surface area contributed by atoms with Crippen LogP contribution in [0.3, 0.4) is 0 Å². The number of unbranched alkanes of at least 4 members (excludes halogenated alkanes) is 1. The molecule has 1 heterocycles. The second-order valence-corrected chi connectivity index (χ2v) is 3.36. The zero-order valence-electron chi connectivity index (χ0n) is 7.32. The zero-order valence-corrected chi connectivity index (χ0v) is 8.14. The standard InChI is InChI=1S/C10H14OS/c1-2-3-6-11-7-4-10-5-8-12-9-10/h4-5,7-9H,2-3,6H2,1H3/b7-4+. The lowest BCUT2D eigenvalue weighted by Gasteiger charge is -1.96. The van der Waals surface area contributed by atoms with E-state index < -0.39 is 0 Å². The highest BCUT2D eigenvalue weighted by Gasteiger charge is 1.84. The first-order chi connectivity index (χ1) is 5.93. The number of ether oxygens (including phenoxy) is 1. The van der Waals surface area contributed by atoms with Gasteiger partial charge in [0.25, 0.3) is 0 Å². The van der Waals surface area contributed by atoms with Crippen molar-refractivity contribution >= 4 is 17.4 Å². The minimum Gasteiger partial charge on any atom is -0.501 e. The Kier molecular flexibility index (Phi) is 4.54. The molecule has 0 aliphatic carbocycles. The summed E-state index contributed by atoms with van der Waals surface area (Å²) in [5.41, 5.74) is 1.22. The summed E-state index contributed by atoms with van der Waals surface area (Å²) >= 11 is 1.70. The van der Waals surface area contributed by atoms with Crippen molar-refractivity contribution in [2.24, 2.45) is 0 Å². The molecule has 0 saturated carbocycles. The van der Waals surface area contributed by atoms with Crippen molar-refractivity contribution in [1.29, 1.82) is 0 Å². The van der Waals surface area contributed by atoms with Gasteiger partial charge < -0.3 is 4.74 Å². The third-order valence-corrected chi connectivity index (χ3v) is 2.22. The number of hydrogen-bond donors (Lipinski definition) is 0. The maximum absolute atomic E-state index is 5.27. The van der Waals surface area contributed by atoms with E-state index in [4.69, 9.17) is 4.74 Å². The topological polar surface area (TPSA) is 9.23 Å². The normalized spacial score (nSPS) is 10.8. The van der Waals surface area contributed by atoms with Gasteiger partial charge in [0.2, 0.25) is 0 Å². The van der Waals surface area contributed by atoms with Crippen LogP contribution in [0.1, 0.15) is 25.3 Å². The molecule has 66 valence electrons. The summed E-state index contributed by atoms with van der Waals surface area (Å²) in [6, 6.07) is 2.07. The van der Waals surface area contributed by atoms with Crippen LogP contribution in [0.5, 0.6) is 0 Å². The van der Waals surface area contributed by atoms with Gasteiger partial charge in [0, 0.05) is 0 Å². The Morgan fingerprint density at radius 1 is 1.58 bits per heavy atom. The first-order valence-corrected chi connectivity index (χ1v) is 5.18. The van der Waals surface area contributed by atoms with Gasteiger partial charge in [-0.15, -0.1) is 0 Å². The van der Waals surface area contributed by atoms with E-state index in [2.05, 4.69) is 23.8 Å². The van der Waals surface area contributed by atoms with Crippen molar-refractivity contribution < 1.29 is 4.74 Å².